The van der Waals surface area contributed by atoms with Crippen molar-refractivity contribution >= 4 is 67.2 Å². The van der Waals surface area contributed by atoms with Gasteiger partial charge in [-0.3, -0.25) is 19.1 Å². The Kier molecular flexibility index (Phi) is 10.5. The summed E-state index contributed by atoms with van der Waals surface area (Å²) in [6.45, 7) is 5.06. The van der Waals surface area contributed by atoms with Gasteiger partial charge in [-0.25, -0.2) is 22.6 Å². The number of hydrogen-bond donors (Lipinski definition) is 3. The highest BCUT2D eigenvalue weighted by Crippen LogP contribution is 2.46. The van der Waals surface area contributed by atoms with E-state index in [-0.39, 0.29) is 37.1 Å². The maximum atomic E-state index is 14.6. The lowest BCUT2D eigenvalue weighted by atomic mass is 10.0. The van der Waals surface area contributed by atoms with Crippen molar-refractivity contribution in [2.75, 3.05) is 6.54 Å². The van der Waals surface area contributed by atoms with Crippen LogP contribution in [0.3, 0.4) is 0 Å². The molecule has 2 aliphatic heterocycles. The number of carbonyl (C=O) groups is 4. The van der Waals surface area contributed by atoms with E-state index in [1.54, 1.807) is 26.8 Å². The number of amides is 4. The number of pyridine rings is 1. The van der Waals surface area contributed by atoms with Crippen molar-refractivity contribution in [2.45, 2.75) is 113 Å². The third kappa shape index (κ3) is 8.28. The van der Waals surface area contributed by atoms with E-state index in [1.807, 2.05) is 29.7 Å². The Morgan fingerprint density at radius 1 is 1.10 bits per heavy atom. The van der Waals surface area contributed by atoms with Gasteiger partial charge in [0.05, 0.1) is 22.4 Å². The highest BCUT2D eigenvalue weighted by Gasteiger charge is 2.62. The number of alkyl carbamates (subject to hydrolysis) is 1. The second-order valence-electron chi connectivity index (χ2n) is 16.6. The molecule has 5 atom stereocenters. The standard InChI is InChI=1S/C41H46FN5O9S2/c1-40(2,3)56-39(51)44-28-11-8-6-4-5-7-10-23-21-41(23,38(50)46-58(52,53)26-14-15-26)45-36(48)30-19-25(22-47(30)37(28)49)54-32-20-29(33-12-9-17-57-33)43-34-27-18-24(42)13-16-31(27)55-35(32)34/h7,9-10,12-13,16-18,20,23,25-26,28,30H,4-6,8,11,14-15,19,21-22H2,1-3H3,(H,44,51)(H,45,48)(H,46,50)/b10-7-/t23-,25-,28+,30+,41-/m1/s1. The predicted molar refractivity (Wildman–Crippen MR) is 214 cm³/mol. The average molecular weight is 836 g/mol. The summed E-state index contributed by atoms with van der Waals surface area (Å²) in [5.41, 5.74) is -0.811. The predicted octanol–water partition coefficient (Wildman–Crippen LogP) is 6.09. The molecule has 3 N–H and O–H groups in total. The number of nitrogens with zero attached hydrogens (tertiary/aromatic N) is 2. The number of hydrogen-bond acceptors (Lipinski definition) is 11. The molecule has 17 heteroatoms. The molecule has 4 aliphatic rings. The molecule has 2 aliphatic carbocycles. The van der Waals surface area contributed by atoms with Crippen molar-refractivity contribution in [1.82, 2.24) is 25.2 Å². The molecule has 0 radical (unpaired) electrons. The van der Waals surface area contributed by atoms with Crippen LogP contribution in [-0.2, 0) is 29.1 Å². The van der Waals surface area contributed by atoms with Crippen molar-refractivity contribution < 1.29 is 45.9 Å². The maximum Gasteiger partial charge on any atom is 0.408 e. The van der Waals surface area contributed by atoms with E-state index >= 15 is 0 Å². The fourth-order valence-electron chi connectivity index (χ4n) is 7.79. The van der Waals surface area contributed by atoms with Crippen molar-refractivity contribution in [1.29, 1.82) is 0 Å². The van der Waals surface area contributed by atoms with E-state index in [2.05, 4.69) is 15.4 Å². The van der Waals surface area contributed by atoms with Gasteiger partial charge in [-0.15, -0.1) is 11.3 Å². The first-order valence-corrected chi connectivity index (χ1v) is 22.1. The second-order valence-corrected chi connectivity index (χ2v) is 19.5. The monoisotopic (exact) mass is 835 g/mol. The normalized spacial score (nSPS) is 26.2. The molecular formula is C41H46FN5O9S2. The molecule has 308 valence electrons. The lowest BCUT2D eigenvalue weighted by Crippen LogP contribution is -2.58. The summed E-state index contributed by atoms with van der Waals surface area (Å²) in [6.07, 6.45) is 6.29. The van der Waals surface area contributed by atoms with E-state index in [0.29, 0.717) is 47.9 Å². The van der Waals surface area contributed by atoms with Gasteiger partial charge in [0.2, 0.25) is 21.8 Å². The fourth-order valence-corrected chi connectivity index (χ4v) is 9.84. The fraction of sp³-hybridized carbons (Fsp3) is 0.488. The molecule has 0 unspecified atom stereocenters. The Labute approximate surface area is 338 Å². The third-order valence-electron chi connectivity index (χ3n) is 10.9. The molecule has 8 rings (SSSR count). The molecular weight excluding hydrogens is 790 g/mol. The van der Waals surface area contributed by atoms with Gasteiger partial charge in [0.25, 0.3) is 5.91 Å². The second kappa shape index (κ2) is 15.3. The van der Waals surface area contributed by atoms with Crippen LogP contribution in [0, 0.1) is 11.7 Å². The number of allylic oxidation sites excluding steroid dienone is 1. The van der Waals surface area contributed by atoms with Gasteiger partial charge in [0, 0.05) is 23.8 Å². The minimum atomic E-state index is -3.93. The zero-order valence-corrected chi connectivity index (χ0v) is 34.1. The van der Waals surface area contributed by atoms with Crippen LogP contribution in [0.5, 0.6) is 5.75 Å². The lowest BCUT2D eigenvalue weighted by Gasteiger charge is -2.30. The average Bonchev–Trinajstić information content (AvgIpc) is 3.95. The van der Waals surface area contributed by atoms with Crippen molar-refractivity contribution in [3.63, 3.8) is 0 Å². The Bertz CT molecular complexity index is 2410. The molecule has 3 fully saturated rings. The highest BCUT2D eigenvalue weighted by atomic mass is 32.2. The largest absolute Gasteiger partial charge is 0.484 e. The number of aromatic nitrogens is 1. The minimum Gasteiger partial charge on any atom is -0.484 e. The minimum absolute atomic E-state index is 0.0255. The molecule has 0 spiro atoms. The number of halogens is 1. The van der Waals surface area contributed by atoms with Crippen LogP contribution >= 0.6 is 11.3 Å². The van der Waals surface area contributed by atoms with Gasteiger partial charge in [-0.1, -0.05) is 31.1 Å². The summed E-state index contributed by atoms with van der Waals surface area (Å²) >= 11 is 1.45. The highest BCUT2D eigenvalue weighted by molar-refractivity contribution is 7.91. The molecule has 58 heavy (non-hydrogen) atoms. The molecule has 3 aromatic heterocycles. The van der Waals surface area contributed by atoms with E-state index in [4.69, 9.17) is 18.9 Å². The number of ether oxygens (including phenoxy) is 2. The number of carbonyl (C=O) groups excluding carboxylic acids is 4. The van der Waals surface area contributed by atoms with E-state index in [9.17, 15) is 32.0 Å². The van der Waals surface area contributed by atoms with Crippen LogP contribution in [0.2, 0.25) is 0 Å². The molecule has 14 nitrogen and oxygen atoms in total. The van der Waals surface area contributed by atoms with Crippen molar-refractivity contribution in [2.24, 2.45) is 5.92 Å². The van der Waals surface area contributed by atoms with Gasteiger partial charge in [-0.2, -0.15) is 0 Å². The number of furan rings is 1. The van der Waals surface area contributed by atoms with Gasteiger partial charge in [0.15, 0.2) is 11.3 Å². The first kappa shape index (κ1) is 39.8. The first-order valence-electron chi connectivity index (χ1n) is 19.7. The quantitative estimate of drug-likeness (QED) is 0.184. The summed E-state index contributed by atoms with van der Waals surface area (Å²) in [5.74, 6) is -2.69. The molecule has 1 aromatic carbocycles. The summed E-state index contributed by atoms with van der Waals surface area (Å²) < 4.78 is 60.8. The van der Waals surface area contributed by atoms with Crippen LogP contribution in [-0.4, -0.2) is 83.2 Å². The summed E-state index contributed by atoms with van der Waals surface area (Å²) in [4.78, 5) is 63.1. The number of rotatable bonds is 7. The molecule has 4 amide bonds. The Balaban J connectivity index is 1.14. The van der Waals surface area contributed by atoms with Crippen LogP contribution in [0.25, 0.3) is 32.6 Å². The van der Waals surface area contributed by atoms with Crippen LogP contribution in [0.4, 0.5) is 9.18 Å². The summed E-state index contributed by atoms with van der Waals surface area (Å²) in [6, 6.07) is 7.37. The molecule has 0 bridgehead atoms. The lowest BCUT2D eigenvalue weighted by molar-refractivity contribution is -0.141. The Morgan fingerprint density at radius 3 is 2.66 bits per heavy atom. The first-order chi connectivity index (χ1) is 27.6. The van der Waals surface area contributed by atoms with Crippen molar-refractivity contribution in [3.8, 4) is 16.3 Å². The number of nitrogens with one attached hydrogen (secondary N) is 3. The smallest absolute Gasteiger partial charge is 0.408 e. The Hall–Kier alpha value is -5.03. The van der Waals surface area contributed by atoms with E-state index in [0.717, 1.165) is 17.7 Å². The number of thiophene rings is 1. The van der Waals surface area contributed by atoms with Gasteiger partial charge in [0.1, 0.15) is 46.2 Å². The van der Waals surface area contributed by atoms with E-state index < -0.39 is 80.2 Å². The van der Waals surface area contributed by atoms with Gasteiger partial charge >= 0.3 is 6.09 Å². The molecule has 4 aromatic rings. The summed E-state index contributed by atoms with van der Waals surface area (Å²) in [7, 11) is -3.93. The van der Waals surface area contributed by atoms with Crippen LogP contribution in [0.15, 0.2) is 58.3 Å². The zero-order valence-electron chi connectivity index (χ0n) is 32.4. The Morgan fingerprint density at radius 2 is 1.91 bits per heavy atom. The number of benzene rings is 1. The topological polar surface area (TPSA) is 186 Å². The third-order valence-corrected chi connectivity index (χ3v) is 13.7. The SMILES string of the molecule is CC(C)(C)OC(=O)N[C@H]1CCCCC/C=C\[C@@H]2C[C@@]2(C(=O)NS(=O)(=O)C2CC2)NC(=O)[C@@H]2C[C@@H](Oc3cc(-c4cccs4)nc4c3oc3ccc(F)cc34)CN2C1=O. The molecule has 1 saturated heterocycles. The molecule has 2 saturated carbocycles. The maximum absolute atomic E-state index is 14.6. The van der Waals surface area contributed by atoms with Crippen LogP contribution in [0.1, 0.15) is 78.6 Å². The van der Waals surface area contributed by atoms with E-state index in [1.165, 1.54) is 34.4 Å². The van der Waals surface area contributed by atoms with Gasteiger partial charge in [-0.05, 0) is 88.9 Å². The molecule has 5 heterocycles. The van der Waals surface area contributed by atoms with Crippen LogP contribution < -0.4 is 20.1 Å². The number of sulfonamides is 1. The van der Waals surface area contributed by atoms with Gasteiger partial charge < -0.3 is 29.4 Å². The zero-order chi connectivity index (χ0) is 41.0. The van der Waals surface area contributed by atoms with Crippen molar-refractivity contribution in [3.05, 3.63) is 59.7 Å². The number of fused-ring (bicyclic) bond motifs is 5. The summed E-state index contributed by atoms with van der Waals surface area (Å²) in [5, 5.41) is 7.30.